The summed E-state index contributed by atoms with van der Waals surface area (Å²) in [6.45, 7) is 0. The predicted molar refractivity (Wildman–Crippen MR) is 124 cm³/mol. The molecule has 0 fully saturated rings. The average Bonchev–Trinajstić information content (AvgIpc) is 3.09. The van der Waals surface area contributed by atoms with Gasteiger partial charge in [-0.3, -0.25) is 9.69 Å². The number of rotatable bonds is 2. The summed E-state index contributed by atoms with van der Waals surface area (Å²) in [5.41, 5.74) is 5.83. The van der Waals surface area contributed by atoms with Crippen LogP contribution >= 0.6 is 0 Å². The summed E-state index contributed by atoms with van der Waals surface area (Å²) in [5.74, 6) is -2.90. The maximum atomic E-state index is 15.5. The van der Waals surface area contributed by atoms with Crippen molar-refractivity contribution in [3.63, 3.8) is 0 Å². The molecule has 2 aliphatic rings. The minimum atomic E-state index is -1.81. The molecule has 36 heavy (non-hydrogen) atoms. The molecular weight excluding hydrogens is 471 g/mol. The van der Waals surface area contributed by atoms with Crippen molar-refractivity contribution in [2.45, 2.75) is 5.54 Å². The zero-order valence-corrected chi connectivity index (χ0v) is 18.7. The zero-order chi connectivity index (χ0) is 25.2. The third-order valence-electron chi connectivity index (χ3n) is 6.38. The highest BCUT2D eigenvalue weighted by Crippen LogP contribution is 2.54. The maximum Gasteiger partial charge on any atom is 0.266 e. The number of likely N-dealkylation sites (N-methyl/N-ethyl adjacent to an activating group) is 1. The van der Waals surface area contributed by atoms with Crippen molar-refractivity contribution in [1.29, 1.82) is 0 Å². The largest absolute Gasteiger partial charge is 0.453 e. The van der Waals surface area contributed by atoms with Gasteiger partial charge in [-0.25, -0.2) is 19.4 Å². The Morgan fingerprint density at radius 1 is 0.917 bits per heavy atom. The number of guanidine groups is 1. The van der Waals surface area contributed by atoms with Crippen LogP contribution in [0.2, 0.25) is 0 Å². The molecule has 2 aromatic heterocycles. The van der Waals surface area contributed by atoms with E-state index < -0.39 is 29.2 Å². The number of amides is 1. The molecule has 0 saturated carbocycles. The van der Waals surface area contributed by atoms with E-state index in [2.05, 4.69) is 15.0 Å². The van der Waals surface area contributed by atoms with Gasteiger partial charge in [-0.15, -0.1) is 0 Å². The van der Waals surface area contributed by atoms with Crippen LogP contribution in [0.25, 0.3) is 22.3 Å². The lowest BCUT2D eigenvalue weighted by atomic mass is 9.78. The Labute approximate surface area is 202 Å². The number of halogens is 3. The molecule has 0 unspecified atom stereocenters. The molecule has 1 amide bonds. The molecule has 6 rings (SSSR count). The predicted octanol–water partition coefficient (Wildman–Crippen LogP) is 4.36. The summed E-state index contributed by atoms with van der Waals surface area (Å²) in [5, 5.41) is 0. The van der Waals surface area contributed by atoms with Crippen LogP contribution in [0.1, 0.15) is 11.1 Å². The summed E-state index contributed by atoms with van der Waals surface area (Å²) < 4.78 is 49.7. The molecule has 0 radical (unpaired) electrons. The van der Waals surface area contributed by atoms with Crippen LogP contribution in [0.3, 0.4) is 0 Å². The number of nitrogens with two attached hydrogens (primary N) is 1. The Morgan fingerprint density at radius 3 is 2.44 bits per heavy atom. The molecule has 0 saturated heterocycles. The number of pyridine rings is 2. The molecule has 7 nitrogen and oxygen atoms in total. The number of nitrogens with zero attached hydrogens (tertiary/aromatic N) is 4. The SMILES string of the molecule is CN1C(=O)[C@@]2(N=C1N)c1cc(-c3cccnc3F)ccc1Oc1c(F)cc(-c3ccnc(F)c3)cc12. The van der Waals surface area contributed by atoms with Crippen LogP contribution in [0, 0.1) is 17.7 Å². The van der Waals surface area contributed by atoms with E-state index in [1.165, 1.54) is 43.7 Å². The lowest BCUT2D eigenvalue weighted by Gasteiger charge is -2.34. The Bertz CT molecular complexity index is 1620. The number of hydrogen-bond acceptors (Lipinski definition) is 6. The van der Waals surface area contributed by atoms with Gasteiger partial charge in [0.05, 0.1) is 0 Å². The lowest BCUT2D eigenvalue weighted by Crippen LogP contribution is -2.42. The maximum absolute atomic E-state index is 15.5. The number of benzene rings is 2. The van der Waals surface area contributed by atoms with E-state index in [0.717, 1.165) is 11.0 Å². The number of carbonyl (C=O) groups excluding carboxylic acids is 1. The fourth-order valence-electron chi connectivity index (χ4n) is 4.63. The van der Waals surface area contributed by atoms with Crippen molar-refractivity contribution in [2.75, 3.05) is 7.05 Å². The molecule has 4 heterocycles. The van der Waals surface area contributed by atoms with Gasteiger partial charge in [0.1, 0.15) is 5.75 Å². The normalized spacial score (nSPS) is 18.1. The van der Waals surface area contributed by atoms with Gasteiger partial charge in [0.15, 0.2) is 17.5 Å². The molecule has 0 aliphatic carbocycles. The van der Waals surface area contributed by atoms with E-state index in [1.807, 2.05) is 0 Å². The smallest absolute Gasteiger partial charge is 0.266 e. The van der Waals surface area contributed by atoms with Crippen molar-refractivity contribution >= 4 is 11.9 Å². The first-order valence-electron chi connectivity index (χ1n) is 10.8. The molecule has 4 aromatic rings. The minimum Gasteiger partial charge on any atom is -0.453 e. The minimum absolute atomic E-state index is 0.0856. The molecule has 10 heteroatoms. The van der Waals surface area contributed by atoms with Gasteiger partial charge in [0, 0.05) is 42.2 Å². The van der Waals surface area contributed by atoms with Gasteiger partial charge in [0.25, 0.3) is 5.91 Å². The van der Waals surface area contributed by atoms with Crippen LogP contribution in [-0.4, -0.2) is 33.8 Å². The first-order chi connectivity index (χ1) is 17.3. The van der Waals surface area contributed by atoms with Crippen molar-refractivity contribution < 1.29 is 22.7 Å². The quantitative estimate of drug-likeness (QED) is 0.424. The van der Waals surface area contributed by atoms with Gasteiger partial charge in [0.2, 0.25) is 17.4 Å². The Hall–Kier alpha value is -4.73. The highest BCUT2D eigenvalue weighted by atomic mass is 19.1. The van der Waals surface area contributed by atoms with Gasteiger partial charge >= 0.3 is 0 Å². The standard InChI is InChI=1S/C26H16F3N5O2/c1-34-24(35)26(33-25(34)30)17-9-14(16-3-2-7-32-23(16)29)4-5-20(17)36-22-18(26)10-15(11-19(22)27)13-6-8-31-21(28)12-13/h2-12H,1H3,(H2,30,33)/t26-/m1/s1. The highest BCUT2D eigenvalue weighted by molar-refractivity contribution is 6.10. The van der Waals surface area contributed by atoms with E-state index >= 15 is 4.39 Å². The van der Waals surface area contributed by atoms with Gasteiger partial charge in [-0.2, -0.15) is 8.78 Å². The van der Waals surface area contributed by atoms with Gasteiger partial charge in [-0.1, -0.05) is 6.07 Å². The molecule has 2 aliphatic heterocycles. The number of hydrogen-bond donors (Lipinski definition) is 1. The molecule has 0 bridgehead atoms. The number of carbonyl (C=O) groups is 1. The second kappa shape index (κ2) is 7.64. The van der Waals surface area contributed by atoms with Gasteiger partial charge in [-0.05, 0) is 59.2 Å². The molecule has 1 atom stereocenters. The summed E-state index contributed by atoms with van der Waals surface area (Å²) in [6.07, 6.45) is 2.58. The van der Waals surface area contributed by atoms with E-state index in [9.17, 15) is 13.6 Å². The van der Waals surface area contributed by atoms with Crippen molar-refractivity contribution in [2.24, 2.45) is 10.7 Å². The van der Waals surface area contributed by atoms with Crippen LogP contribution in [0.4, 0.5) is 13.2 Å². The first kappa shape index (κ1) is 21.8. The van der Waals surface area contributed by atoms with E-state index in [4.69, 9.17) is 10.5 Å². The van der Waals surface area contributed by atoms with Crippen LogP contribution in [0.5, 0.6) is 11.5 Å². The number of fused-ring (bicyclic) bond motifs is 4. The third-order valence-corrected chi connectivity index (χ3v) is 6.38. The van der Waals surface area contributed by atoms with E-state index in [0.29, 0.717) is 11.1 Å². The third kappa shape index (κ3) is 3.00. The van der Waals surface area contributed by atoms with E-state index in [-0.39, 0.29) is 39.7 Å². The number of aliphatic imine (C=N–C) groups is 1. The molecule has 178 valence electrons. The summed E-state index contributed by atoms with van der Waals surface area (Å²) >= 11 is 0. The van der Waals surface area contributed by atoms with Crippen molar-refractivity contribution in [3.05, 3.63) is 95.8 Å². The van der Waals surface area contributed by atoms with Crippen molar-refractivity contribution in [3.8, 4) is 33.8 Å². The number of ether oxygens (including phenoxy) is 1. The molecule has 2 N–H and O–H groups in total. The number of aromatic nitrogens is 2. The Balaban J connectivity index is 1.64. The lowest BCUT2D eigenvalue weighted by molar-refractivity contribution is -0.129. The van der Waals surface area contributed by atoms with Crippen LogP contribution in [0.15, 0.2) is 72.0 Å². The highest BCUT2D eigenvalue weighted by Gasteiger charge is 2.55. The summed E-state index contributed by atoms with van der Waals surface area (Å²) in [7, 11) is 1.45. The molecular formula is C26H16F3N5O2. The van der Waals surface area contributed by atoms with Crippen LogP contribution in [-0.2, 0) is 10.3 Å². The summed E-state index contributed by atoms with van der Waals surface area (Å²) in [4.78, 5) is 26.6. The fourth-order valence-corrected chi connectivity index (χ4v) is 4.63. The van der Waals surface area contributed by atoms with E-state index in [1.54, 1.807) is 24.3 Å². The Kier molecular flexibility index (Phi) is 4.62. The fraction of sp³-hybridized carbons (Fsp3) is 0.0769. The van der Waals surface area contributed by atoms with Crippen molar-refractivity contribution in [1.82, 2.24) is 14.9 Å². The second-order valence-corrected chi connectivity index (χ2v) is 8.40. The molecule has 2 aromatic carbocycles. The average molecular weight is 487 g/mol. The second-order valence-electron chi connectivity index (χ2n) is 8.40. The first-order valence-corrected chi connectivity index (χ1v) is 10.8. The monoisotopic (exact) mass is 487 g/mol. The Morgan fingerprint density at radius 2 is 1.72 bits per heavy atom. The van der Waals surface area contributed by atoms with Crippen LogP contribution < -0.4 is 10.5 Å². The molecule has 1 spiro atoms. The topological polar surface area (TPSA) is 93.7 Å². The summed E-state index contributed by atoms with van der Waals surface area (Å²) in [6, 6.07) is 13.1. The van der Waals surface area contributed by atoms with Gasteiger partial charge < -0.3 is 10.5 Å². The zero-order valence-electron chi connectivity index (χ0n) is 18.7.